The number of rotatable bonds is 7. The number of nitrogens with one attached hydrogen (secondary N) is 1. The maximum Gasteiger partial charge on any atom is 0.330 e. The lowest BCUT2D eigenvalue weighted by Gasteiger charge is -2.38. The van der Waals surface area contributed by atoms with E-state index in [1.807, 2.05) is 24.8 Å². The number of piperazine rings is 1. The Kier molecular flexibility index (Phi) is 6.93. The Labute approximate surface area is 188 Å². The maximum absolute atomic E-state index is 12.6. The average molecular weight is 443 g/mol. The number of pyridine rings is 1. The van der Waals surface area contributed by atoms with Crippen LogP contribution in [0.4, 0.5) is 5.82 Å². The number of fused-ring (bicyclic) bond motifs is 1. The first kappa shape index (κ1) is 22.5. The Balaban J connectivity index is 1.30. The molecule has 0 aromatic carbocycles. The van der Waals surface area contributed by atoms with Crippen LogP contribution >= 0.6 is 0 Å². The van der Waals surface area contributed by atoms with Gasteiger partial charge < -0.3 is 10.2 Å². The molecule has 9 nitrogen and oxygen atoms in total. The van der Waals surface area contributed by atoms with Crippen LogP contribution in [0.1, 0.15) is 52.4 Å². The van der Waals surface area contributed by atoms with Crippen molar-refractivity contribution in [2.24, 2.45) is 0 Å². The second kappa shape index (κ2) is 9.85. The number of anilines is 1. The van der Waals surface area contributed by atoms with E-state index in [4.69, 9.17) is 0 Å². The summed E-state index contributed by atoms with van der Waals surface area (Å²) in [5.74, 6) is 0.195. The predicted octanol–water partition coefficient (Wildman–Crippen LogP) is 2.04. The van der Waals surface area contributed by atoms with Crippen LogP contribution in [0.3, 0.4) is 0 Å². The van der Waals surface area contributed by atoms with Gasteiger partial charge in [0, 0.05) is 58.2 Å². The largest absolute Gasteiger partial charge is 0.340 e. The highest BCUT2D eigenvalue weighted by molar-refractivity contribution is 5.93. The molecule has 32 heavy (non-hydrogen) atoms. The molecule has 1 saturated carbocycles. The molecule has 4 rings (SSSR count). The average Bonchev–Trinajstić information content (AvgIpc) is 3.43. The third-order valence-electron chi connectivity index (χ3n) is 6.84. The van der Waals surface area contributed by atoms with Crippen LogP contribution in [0.25, 0.3) is 11.2 Å². The molecular weight excluding hydrogens is 408 g/mol. The van der Waals surface area contributed by atoms with E-state index >= 15 is 0 Å². The molecule has 0 bridgehead atoms. The second-order valence-electron chi connectivity index (χ2n) is 8.71. The number of carbonyl (C=O) groups excluding carboxylic acids is 2. The fourth-order valence-electron chi connectivity index (χ4n) is 5.04. The zero-order valence-corrected chi connectivity index (χ0v) is 19.2. The molecule has 2 aliphatic rings. The summed E-state index contributed by atoms with van der Waals surface area (Å²) < 4.78 is 3.27. The van der Waals surface area contributed by atoms with E-state index in [1.165, 1.54) is 25.7 Å². The molecule has 2 aromatic rings. The zero-order valence-electron chi connectivity index (χ0n) is 19.2. The SMILES string of the molecule is CCn1c(=O)n(CC)c2nc(NC(=O)CCC(=O)N3CCN(C4CCCC4)CC3)ccc21. The van der Waals surface area contributed by atoms with E-state index in [0.29, 0.717) is 30.6 Å². The van der Waals surface area contributed by atoms with Gasteiger partial charge in [0.1, 0.15) is 5.82 Å². The first-order valence-corrected chi connectivity index (χ1v) is 11.9. The van der Waals surface area contributed by atoms with Gasteiger partial charge in [0.15, 0.2) is 5.65 Å². The highest BCUT2D eigenvalue weighted by Crippen LogP contribution is 2.24. The van der Waals surface area contributed by atoms with Crippen molar-refractivity contribution in [3.8, 4) is 0 Å². The minimum atomic E-state index is -0.241. The summed E-state index contributed by atoms with van der Waals surface area (Å²) in [5.41, 5.74) is 1.22. The molecule has 2 aromatic heterocycles. The van der Waals surface area contributed by atoms with Crippen molar-refractivity contribution < 1.29 is 9.59 Å². The van der Waals surface area contributed by atoms with Crippen LogP contribution in [0.15, 0.2) is 16.9 Å². The van der Waals surface area contributed by atoms with Gasteiger partial charge >= 0.3 is 5.69 Å². The van der Waals surface area contributed by atoms with E-state index < -0.39 is 0 Å². The van der Waals surface area contributed by atoms with Crippen molar-refractivity contribution in [3.05, 3.63) is 22.6 Å². The lowest BCUT2D eigenvalue weighted by atomic mass is 10.1. The van der Waals surface area contributed by atoms with Crippen molar-refractivity contribution >= 4 is 28.8 Å². The van der Waals surface area contributed by atoms with Gasteiger partial charge in [-0.25, -0.2) is 9.78 Å². The quantitative estimate of drug-likeness (QED) is 0.708. The van der Waals surface area contributed by atoms with Crippen molar-refractivity contribution in [2.75, 3.05) is 31.5 Å². The molecule has 174 valence electrons. The zero-order chi connectivity index (χ0) is 22.7. The van der Waals surface area contributed by atoms with Crippen molar-refractivity contribution in [1.29, 1.82) is 0 Å². The summed E-state index contributed by atoms with van der Waals surface area (Å²) in [4.78, 5) is 46.4. The Morgan fingerprint density at radius 3 is 2.34 bits per heavy atom. The molecule has 2 fully saturated rings. The Morgan fingerprint density at radius 2 is 1.69 bits per heavy atom. The minimum Gasteiger partial charge on any atom is -0.340 e. The number of aryl methyl sites for hydroxylation is 2. The molecule has 0 spiro atoms. The summed E-state index contributed by atoms with van der Waals surface area (Å²) in [6, 6.07) is 4.21. The lowest BCUT2D eigenvalue weighted by Crippen LogP contribution is -2.51. The van der Waals surface area contributed by atoms with Crippen LogP contribution in [-0.2, 0) is 22.7 Å². The Morgan fingerprint density at radius 1 is 1.00 bits per heavy atom. The highest BCUT2D eigenvalue weighted by Gasteiger charge is 2.27. The first-order chi connectivity index (χ1) is 15.5. The summed E-state index contributed by atoms with van der Waals surface area (Å²) in [5, 5.41) is 2.78. The standard InChI is InChI=1S/C23H34N6O3/c1-3-28-18-9-10-19(25-22(18)29(4-2)23(28)32)24-20(30)11-12-21(31)27-15-13-26(14-16-27)17-7-5-6-8-17/h9-10,17H,3-8,11-16H2,1-2H3,(H,24,25,30). The van der Waals surface area contributed by atoms with Crippen LogP contribution in [0.2, 0.25) is 0 Å². The van der Waals surface area contributed by atoms with E-state index in [0.717, 1.165) is 31.7 Å². The number of hydrogen-bond donors (Lipinski definition) is 1. The third kappa shape index (κ3) is 4.57. The molecule has 2 amide bonds. The third-order valence-corrected chi connectivity index (χ3v) is 6.84. The highest BCUT2D eigenvalue weighted by atomic mass is 16.2. The van der Waals surface area contributed by atoms with E-state index in [1.54, 1.807) is 15.2 Å². The van der Waals surface area contributed by atoms with Gasteiger partial charge in [-0.1, -0.05) is 12.8 Å². The van der Waals surface area contributed by atoms with Gasteiger partial charge in [-0.2, -0.15) is 0 Å². The molecule has 0 radical (unpaired) electrons. The van der Waals surface area contributed by atoms with Gasteiger partial charge in [-0.15, -0.1) is 0 Å². The summed E-state index contributed by atoms with van der Waals surface area (Å²) in [6.45, 7) is 8.25. The van der Waals surface area contributed by atoms with Gasteiger partial charge in [-0.3, -0.25) is 23.6 Å². The van der Waals surface area contributed by atoms with Crippen LogP contribution in [0, 0.1) is 0 Å². The Hall–Kier alpha value is -2.68. The maximum atomic E-state index is 12.6. The Bertz CT molecular complexity index is 1030. The topological polar surface area (TPSA) is 92.5 Å². The first-order valence-electron chi connectivity index (χ1n) is 11.9. The van der Waals surface area contributed by atoms with Crippen LogP contribution in [-0.4, -0.2) is 68.0 Å². The van der Waals surface area contributed by atoms with Crippen molar-refractivity contribution in [3.63, 3.8) is 0 Å². The van der Waals surface area contributed by atoms with Crippen molar-refractivity contribution in [2.45, 2.75) is 71.5 Å². The molecular formula is C23H34N6O3. The number of amides is 2. The lowest BCUT2D eigenvalue weighted by molar-refractivity contribution is -0.134. The predicted molar refractivity (Wildman–Crippen MR) is 124 cm³/mol. The minimum absolute atomic E-state index is 0.0366. The second-order valence-corrected chi connectivity index (χ2v) is 8.71. The summed E-state index contributed by atoms with van der Waals surface area (Å²) >= 11 is 0. The molecule has 1 N–H and O–H groups in total. The van der Waals surface area contributed by atoms with Crippen LogP contribution in [0.5, 0.6) is 0 Å². The van der Waals surface area contributed by atoms with Gasteiger partial charge in [0.25, 0.3) is 0 Å². The van der Waals surface area contributed by atoms with E-state index in [2.05, 4.69) is 15.2 Å². The smallest absolute Gasteiger partial charge is 0.330 e. The molecule has 1 aliphatic heterocycles. The fourth-order valence-corrected chi connectivity index (χ4v) is 5.04. The van der Waals surface area contributed by atoms with Gasteiger partial charge in [-0.05, 0) is 38.8 Å². The number of imidazole rings is 1. The molecule has 1 aliphatic carbocycles. The van der Waals surface area contributed by atoms with Gasteiger partial charge in [0.05, 0.1) is 5.52 Å². The number of aromatic nitrogens is 3. The van der Waals surface area contributed by atoms with Gasteiger partial charge in [0.2, 0.25) is 11.8 Å². The number of hydrogen-bond acceptors (Lipinski definition) is 5. The molecule has 1 saturated heterocycles. The molecule has 9 heteroatoms. The molecule has 0 atom stereocenters. The number of carbonyl (C=O) groups is 2. The van der Waals surface area contributed by atoms with E-state index in [-0.39, 0.29) is 30.3 Å². The normalized spacial score (nSPS) is 17.9. The monoisotopic (exact) mass is 442 g/mol. The van der Waals surface area contributed by atoms with E-state index in [9.17, 15) is 14.4 Å². The molecule has 0 unspecified atom stereocenters. The number of nitrogens with zero attached hydrogens (tertiary/aromatic N) is 5. The summed E-state index contributed by atoms with van der Waals surface area (Å²) in [7, 11) is 0. The summed E-state index contributed by atoms with van der Waals surface area (Å²) in [6.07, 6.45) is 5.53. The fraction of sp³-hybridized carbons (Fsp3) is 0.652. The molecule has 3 heterocycles. The van der Waals surface area contributed by atoms with Crippen LogP contribution < -0.4 is 11.0 Å². The van der Waals surface area contributed by atoms with Crippen molar-refractivity contribution in [1.82, 2.24) is 23.9 Å².